The fourth-order valence-electron chi connectivity index (χ4n) is 1.39. The number of ether oxygens (including phenoxy) is 1. The average molecular weight is 222 g/mol. The van der Waals surface area contributed by atoms with Crippen molar-refractivity contribution in [1.82, 2.24) is 0 Å². The molecule has 0 saturated carbocycles. The maximum absolute atomic E-state index is 13.1. The molecule has 3 nitrogen and oxygen atoms in total. The molecule has 1 aromatic rings. The second-order valence-electron chi connectivity index (χ2n) is 3.78. The molecule has 1 atom stereocenters. The smallest absolute Gasteiger partial charge is 0.126 e. The molecule has 1 rings (SSSR count). The van der Waals surface area contributed by atoms with E-state index in [9.17, 15) is 4.39 Å². The van der Waals surface area contributed by atoms with Crippen LogP contribution in [0, 0.1) is 23.1 Å². The van der Waals surface area contributed by atoms with Crippen molar-refractivity contribution in [2.75, 3.05) is 25.6 Å². The second kappa shape index (κ2) is 6.09. The Morgan fingerprint density at radius 2 is 2.25 bits per heavy atom. The molecule has 1 unspecified atom stereocenters. The van der Waals surface area contributed by atoms with Crippen LogP contribution >= 0.6 is 0 Å². The summed E-state index contributed by atoms with van der Waals surface area (Å²) in [7, 11) is 1.65. The topological polar surface area (TPSA) is 45.0 Å². The van der Waals surface area contributed by atoms with E-state index in [0.29, 0.717) is 30.3 Å². The SMILES string of the molecule is COCC(C)CNc1cc(F)cc(C#N)c1. The van der Waals surface area contributed by atoms with Crippen molar-refractivity contribution in [3.63, 3.8) is 0 Å². The minimum Gasteiger partial charge on any atom is -0.385 e. The van der Waals surface area contributed by atoms with Crippen LogP contribution in [0.2, 0.25) is 0 Å². The number of nitriles is 1. The first-order chi connectivity index (χ1) is 7.65. The fraction of sp³-hybridized carbons (Fsp3) is 0.417. The lowest BCUT2D eigenvalue weighted by molar-refractivity contribution is 0.164. The summed E-state index contributed by atoms with van der Waals surface area (Å²) in [5.41, 5.74) is 0.946. The third-order valence-corrected chi connectivity index (χ3v) is 2.13. The number of hydrogen-bond donors (Lipinski definition) is 1. The Hall–Kier alpha value is -1.60. The van der Waals surface area contributed by atoms with Gasteiger partial charge in [0.2, 0.25) is 0 Å². The van der Waals surface area contributed by atoms with Crippen molar-refractivity contribution in [1.29, 1.82) is 5.26 Å². The molecule has 0 radical (unpaired) electrons. The van der Waals surface area contributed by atoms with E-state index in [2.05, 4.69) is 5.32 Å². The normalized spacial score (nSPS) is 11.9. The number of hydrogen-bond acceptors (Lipinski definition) is 3. The highest BCUT2D eigenvalue weighted by Gasteiger charge is 2.03. The molecule has 0 aromatic heterocycles. The van der Waals surface area contributed by atoms with Crippen LogP contribution in [0.15, 0.2) is 18.2 Å². The van der Waals surface area contributed by atoms with E-state index in [1.54, 1.807) is 13.2 Å². The quantitative estimate of drug-likeness (QED) is 0.832. The van der Waals surface area contributed by atoms with Gasteiger partial charge >= 0.3 is 0 Å². The molecular formula is C12H15FN2O. The van der Waals surface area contributed by atoms with Crippen LogP contribution in [-0.2, 0) is 4.74 Å². The molecule has 16 heavy (non-hydrogen) atoms. The molecular weight excluding hydrogens is 207 g/mol. The van der Waals surface area contributed by atoms with E-state index in [1.165, 1.54) is 12.1 Å². The number of anilines is 1. The molecule has 0 fully saturated rings. The van der Waals surface area contributed by atoms with Crippen LogP contribution in [0.1, 0.15) is 12.5 Å². The van der Waals surface area contributed by atoms with Gasteiger partial charge in [-0.2, -0.15) is 5.26 Å². The first-order valence-electron chi connectivity index (χ1n) is 5.09. The highest BCUT2D eigenvalue weighted by molar-refractivity contribution is 5.49. The van der Waals surface area contributed by atoms with E-state index in [1.807, 2.05) is 13.0 Å². The van der Waals surface area contributed by atoms with Gasteiger partial charge in [0.1, 0.15) is 5.82 Å². The summed E-state index contributed by atoms with van der Waals surface area (Å²) in [5, 5.41) is 11.8. The van der Waals surface area contributed by atoms with Gasteiger partial charge in [-0.1, -0.05) is 6.92 Å². The number of nitrogens with one attached hydrogen (secondary N) is 1. The van der Waals surface area contributed by atoms with E-state index >= 15 is 0 Å². The summed E-state index contributed by atoms with van der Waals surface area (Å²) < 4.78 is 18.1. The summed E-state index contributed by atoms with van der Waals surface area (Å²) >= 11 is 0. The third kappa shape index (κ3) is 3.87. The Morgan fingerprint density at radius 3 is 2.88 bits per heavy atom. The van der Waals surface area contributed by atoms with Crippen LogP contribution in [0.25, 0.3) is 0 Å². The Morgan fingerprint density at radius 1 is 1.50 bits per heavy atom. The largest absolute Gasteiger partial charge is 0.385 e. The molecule has 86 valence electrons. The van der Waals surface area contributed by atoms with Crippen LogP contribution in [0.5, 0.6) is 0 Å². The molecule has 0 spiro atoms. The van der Waals surface area contributed by atoms with E-state index in [0.717, 1.165) is 0 Å². The molecule has 0 heterocycles. The van der Waals surface area contributed by atoms with Crippen molar-refractivity contribution in [3.8, 4) is 6.07 Å². The zero-order chi connectivity index (χ0) is 12.0. The van der Waals surface area contributed by atoms with Crippen LogP contribution in [0.3, 0.4) is 0 Å². The molecule has 1 aromatic carbocycles. The Kier molecular flexibility index (Phi) is 4.74. The summed E-state index contributed by atoms with van der Waals surface area (Å²) in [5.74, 6) is -0.0697. The van der Waals surface area contributed by atoms with Gasteiger partial charge in [0.25, 0.3) is 0 Å². The number of halogens is 1. The van der Waals surface area contributed by atoms with Gasteiger partial charge in [-0.15, -0.1) is 0 Å². The maximum atomic E-state index is 13.1. The van der Waals surface area contributed by atoms with Crippen molar-refractivity contribution in [2.45, 2.75) is 6.92 Å². The first kappa shape index (κ1) is 12.5. The van der Waals surface area contributed by atoms with Gasteiger partial charge in [0.05, 0.1) is 18.2 Å². The Balaban J connectivity index is 2.60. The maximum Gasteiger partial charge on any atom is 0.126 e. The predicted molar refractivity (Wildman–Crippen MR) is 60.6 cm³/mol. The van der Waals surface area contributed by atoms with Crippen LogP contribution in [0.4, 0.5) is 10.1 Å². The molecule has 0 amide bonds. The summed E-state index contributed by atoms with van der Waals surface area (Å²) in [6, 6.07) is 6.13. The Labute approximate surface area is 94.8 Å². The van der Waals surface area contributed by atoms with Crippen LogP contribution in [-0.4, -0.2) is 20.3 Å². The highest BCUT2D eigenvalue weighted by Crippen LogP contribution is 2.13. The average Bonchev–Trinajstić information content (AvgIpc) is 2.26. The molecule has 0 bridgehead atoms. The second-order valence-corrected chi connectivity index (χ2v) is 3.78. The lowest BCUT2D eigenvalue weighted by Gasteiger charge is -2.12. The van der Waals surface area contributed by atoms with Crippen LogP contribution < -0.4 is 5.32 Å². The zero-order valence-electron chi connectivity index (χ0n) is 9.46. The van der Waals surface area contributed by atoms with Gasteiger partial charge in [0, 0.05) is 19.3 Å². The summed E-state index contributed by atoms with van der Waals surface area (Å²) in [4.78, 5) is 0. The van der Waals surface area contributed by atoms with Gasteiger partial charge < -0.3 is 10.1 Å². The molecule has 0 aliphatic heterocycles. The minimum atomic E-state index is -0.402. The Bertz CT molecular complexity index is 387. The molecule has 0 aliphatic rings. The van der Waals surface area contributed by atoms with Gasteiger partial charge in [-0.25, -0.2) is 4.39 Å². The lowest BCUT2D eigenvalue weighted by atomic mass is 10.1. The number of rotatable bonds is 5. The monoisotopic (exact) mass is 222 g/mol. The summed E-state index contributed by atoms with van der Waals surface area (Å²) in [6.07, 6.45) is 0. The van der Waals surface area contributed by atoms with Crippen molar-refractivity contribution < 1.29 is 9.13 Å². The zero-order valence-corrected chi connectivity index (χ0v) is 9.46. The fourth-order valence-corrected chi connectivity index (χ4v) is 1.39. The van der Waals surface area contributed by atoms with Crippen molar-refractivity contribution >= 4 is 5.69 Å². The lowest BCUT2D eigenvalue weighted by Crippen LogP contribution is -2.15. The van der Waals surface area contributed by atoms with Crippen molar-refractivity contribution in [2.24, 2.45) is 5.92 Å². The van der Waals surface area contributed by atoms with Gasteiger partial charge in [-0.3, -0.25) is 0 Å². The predicted octanol–water partition coefficient (Wildman–Crippen LogP) is 2.39. The van der Waals surface area contributed by atoms with E-state index < -0.39 is 5.82 Å². The molecule has 1 N–H and O–H groups in total. The number of nitrogens with zero attached hydrogens (tertiary/aromatic N) is 1. The number of methoxy groups -OCH3 is 1. The van der Waals surface area contributed by atoms with E-state index in [-0.39, 0.29) is 0 Å². The van der Waals surface area contributed by atoms with Gasteiger partial charge in [-0.05, 0) is 24.1 Å². The number of benzene rings is 1. The van der Waals surface area contributed by atoms with Gasteiger partial charge in [0.15, 0.2) is 0 Å². The molecule has 0 aliphatic carbocycles. The first-order valence-corrected chi connectivity index (χ1v) is 5.09. The molecule has 0 saturated heterocycles. The van der Waals surface area contributed by atoms with Crippen molar-refractivity contribution in [3.05, 3.63) is 29.6 Å². The van der Waals surface area contributed by atoms with E-state index in [4.69, 9.17) is 10.00 Å². The minimum absolute atomic E-state index is 0.321. The highest BCUT2D eigenvalue weighted by atomic mass is 19.1. The third-order valence-electron chi connectivity index (χ3n) is 2.13. The standard InChI is InChI=1S/C12H15FN2O/c1-9(8-16-2)7-15-12-4-10(6-14)3-11(13)5-12/h3-5,9,15H,7-8H2,1-2H3. The summed E-state index contributed by atoms with van der Waals surface area (Å²) in [6.45, 7) is 3.36. The molecule has 4 heteroatoms.